The first-order chi connectivity index (χ1) is 16.3. The second-order valence-electron chi connectivity index (χ2n) is 11.5. The third-order valence-corrected chi connectivity index (χ3v) is 12.0. The van der Waals surface area contributed by atoms with Gasteiger partial charge >= 0.3 is 17.9 Å². The van der Waals surface area contributed by atoms with Crippen LogP contribution in [0, 0.1) is 11.8 Å². The van der Waals surface area contributed by atoms with Crippen LogP contribution in [-0.4, -0.2) is 49.6 Å². The molecule has 0 unspecified atom stereocenters. The van der Waals surface area contributed by atoms with E-state index in [4.69, 9.17) is 19.0 Å². The van der Waals surface area contributed by atoms with Gasteiger partial charge in [0.15, 0.2) is 8.32 Å². The summed E-state index contributed by atoms with van der Waals surface area (Å²) >= 11 is 0. The maximum Gasteiger partial charge on any atom is 0.330 e. The molecule has 198 valence electrons. The highest BCUT2D eigenvalue weighted by atomic mass is 28.4. The fraction of sp³-hybridized carbons (Fsp3) is 0.741. The van der Waals surface area contributed by atoms with Gasteiger partial charge < -0.3 is 19.0 Å². The molecule has 1 aliphatic heterocycles. The molecule has 0 saturated heterocycles. The van der Waals surface area contributed by atoms with E-state index in [9.17, 15) is 14.4 Å². The molecule has 2 rings (SSSR count). The Labute approximate surface area is 211 Å². The molecule has 7 nitrogen and oxygen atoms in total. The number of carbonyl (C=O) groups excluding carboxylic acids is 2. The molecule has 1 heterocycles. The summed E-state index contributed by atoms with van der Waals surface area (Å²) in [7, 11) is -1.98. The van der Waals surface area contributed by atoms with Crippen LogP contribution in [0.15, 0.2) is 24.3 Å². The third kappa shape index (κ3) is 9.56. The first-order valence-corrected chi connectivity index (χ1v) is 15.8. The zero-order valence-corrected chi connectivity index (χ0v) is 23.2. The van der Waals surface area contributed by atoms with Crippen molar-refractivity contribution in [3.05, 3.63) is 24.3 Å². The van der Waals surface area contributed by atoms with Gasteiger partial charge in [0.2, 0.25) is 0 Å². The van der Waals surface area contributed by atoms with Gasteiger partial charge in [-0.2, -0.15) is 0 Å². The number of fused-ring (bicyclic) bond motifs is 1. The summed E-state index contributed by atoms with van der Waals surface area (Å²) < 4.78 is 18.0. The Morgan fingerprint density at radius 1 is 1.17 bits per heavy atom. The highest BCUT2D eigenvalue weighted by molar-refractivity contribution is 6.74. The van der Waals surface area contributed by atoms with Crippen LogP contribution in [0.3, 0.4) is 0 Å². The van der Waals surface area contributed by atoms with Gasteiger partial charge in [-0.15, -0.1) is 0 Å². The number of aliphatic carboxylic acids is 1. The quantitative estimate of drug-likeness (QED) is 0.264. The molecule has 0 spiro atoms. The van der Waals surface area contributed by atoms with Crippen LogP contribution < -0.4 is 0 Å². The summed E-state index contributed by atoms with van der Waals surface area (Å²) in [5.41, 5.74) is 0. The lowest BCUT2D eigenvalue weighted by Gasteiger charge is -2.38. The van der Waals surface area contributed by atoms with Gasteiger partial charge in [-0.05, 0) is 75.6 Å². The molecule has 1 N–H and O–H groups in total. The van der Waals surface area contributed by atoms with Gasteiger partial charge in [0.1, 0.15) is 6.10 Å². The second kappa shape index (κ2) is 12.9. The zero-order chi connectivity index (χ0) is 26.2. The minimum absolute atomic E-state index is 0.0231. The van der Waals surface area contributed by atoms with Gasteiger partial charge in [0, 0.05) is 30.9 Å². The highest BCUT2D eigenvalue weighted by Crippen LogP contribution is 2.44. The van der Waals surface area contributed by atoms with Crippen molar-refractivity contribution < 1.29 is 33.4 Å². The zero-order valence-electron chi connectivity index (χ0n) is 22.2. The van der Waals surface area contributed by atoms with Crippen molar-refractivity contribution in [3.8, 4) is 0 Å². The standard InChI is InChI=1S/C27H44O7Si/c1-19-11-8-7-9-12-20-17-21(34-35(5,6)27(2,3)4)18-22(20)23(15-16-26(31)32-19)33-25(30)14-10-13-24(28)29/h9,12,15-16,19-23H,7-8,10-11,13-14,17-18H2,1-6H3,(H,28,29)/b12-9+,16-15+/t19-,20+,21-,22+,23+/m0/s1. The number of hydrogen-bond acceptors (Lipinski definition) is 6. The molecule has 0 bridgehead atoms. The topological polar surface area (TPSA) is 99.1 Å². The van der Waals surface area contributed by atoms with Crippen LogP contribution in [0.1, 0.15) is 79.1 Å². The van der Waals surface area contributed by atoms with E-state index in [-0.39, 0.29) is 48.3 Å². The lowest BCUT2D eigenvalue weighted by atomic mass is 9.89. The summed E-state index contributed by atoms with van der Waals surface area (Å²) in [6.07, 6.45) is 11.0. The number of ether oxygens (including phenoxy) is 2. The van der Waals surface area contributed by atoms with Gasteiger partial charge in [0.05, 0.1) is 6.10 Å². The van der Waals surface area contributed by atoms with E-state index in [0.717, 1.165) is 32.1 Å². The lowest BCUT2D eigenvalue weighted by molar-refractivity contribution is -0.150. The molecule has 8 heteroatoms. The summed E-state index contributed by atoms with van der Waals surface area (Å²) in [6.45, 7) is 13.0. The Morgan fingerprint density at radius 2 is 1.89 bits per heavy atom. The molecule has 0 aromatic rings. The molecule has 0 amide bonds. The smallest absolute Gasteiger partial charge is 0.330 e. The fourth-order valence-electron chi connectivity index (χ4n) is 4.47. The highest BCUT2D eigenvalue weighted by Gasteiger charge is 2.44. The fourth-order valence-corrected chi connectivity index (χ4v) is 5.85. The van der Waals surface area contributed by atoms with Crippen molar-refractivity contribution in [1.29, 1.82) is 0 Å². The number of esters is 2. The van der Waals surface area contributed by atoms with Crippen LogP contribution in [0.2, 0.25) is 18.1 Å². The number of allylic oxidation sites excluding steroid dienone is 2. The first kappa shape index (κ1) is 29.3. The van der Waals surface area contributed by atoms with Crippen molar-refractivity contribution >= 4 is 26.2 Å². The summed E-state index contributed by atoms with van der Waals surface area (Å²) in [6, 6.07) is 0. The molecule has 0 aromatic heterocycles. The Kier molecular flexibility index (Phi) is 10.8. The molecule has 1 saturated carbocycles. The van der Waals surface area contributed by atoms with Crippen molar-refractivity contribution in [2.75, 3.05) is 0 Å². The maximum absolute atomic E-state index is 12.6. The van der Waals surface area contributed by atoms with E-state index in [1.54, 1.807) is 6.08 Å². The van der Waals surface area contributed by atoms with Crippen LogP contribution in [0.25, 0.3) is 0 Å². The normalized spacial score (nSPS) is 30.1. The predicted octanol–water partition coefficient (Wildman–Crippen LogP) is 5.80. The van der Waals surface area contributed by atoms with Gasteiger partial charge in [-0.1, -0.05) is 32.9 Å². The number of carboxylic acids is 1. The van der Waals surface area contributed by atoms with Crippen LogP contribution in [0.5, 0.6) is 0 Å². The van der Waals surface area contributed by atoms with E-state index < -0.39 is 32.3 Å². The molecule has 35 heavy (non-hydrogen) atoms. The van der Waals surface area contributed by atoms with Crippen molar-refractivity contribution in [3.63, 3.8) is 0 Å². The third-order valence-electron chi connectivity index (χ3n) is 7.45. The average Bonchev–Trinajstić information content (AvgIpc) is 3.10. The molecule has 1 aliphatic carbocycles. The van der Waals surface area contributed by atoms with E-state index in [0.29, 0.717) is 0 Å². The molecule has 0 aromatic carbocycles. The van der Waals surface area contributed by atoms with Crippen molar-refractivity contribution in [1.82, 2.24) is 0 Å². The lowest BCUT2D eigenvalue weighted by Crippen LogP contribution is -2.43. The van der Waals surface area contributed by atoms with Crippen LogP contribution in [0.4, 0.5) is 0 Å². The van der Waals surface area contributed by atoms with Gasteiger partial charge in [-0.25, -0.2) is 4.79 Å². The number of rotatable bonds is 7. The maximum atomic E-state index is 12.6. The Bertz CT molecular complexity index is 796. The van der Waals surface area contributed by atoms with E-state index in [1.807, 2.05) is 6.92 Å². The number of carbonyl (C=O) groups is 3. The molecule has 0 radical (unpaired) electrons. The van der Waals surface area contributed by atoms with E-state index in [1.165, 1.54) is 6.08 Å². The van der Waals surface area contributed by atoms with Crippen LogP contribution in [-0.2, 0) is 28.3 Å². The van der Waals surface area contributed by atoms with Crippen molar-refractivity contribution in [2.45, 2.75) is 116 Å². The summed E-state index contributed by atoms with van der Waals surface area (Å²) in [5.74, 6) is -1.72. The first-order valence-electron chi connectivity index (χ1n) is 12.9. The predicted molar refractivity (Wildman–Crippen MR) is 137 cm³/mol. The van der Waals surface area contributed by atoms with E-state index >= 15 is 0 Å². The average molecular weight is 509 g/mol. The molecular weight excluding hydrogens is 464 g/mol. The van der Waals surface area contributed by atoms with Crippen molar-refractivity contribution in [2.24, 2.45) is 11.8 Å². The SMILES string of the molecule is C[C@H]1CCC/C=C/[C@@H]2C[C@H](O[Si](C)(C)C(C)(C)C)C[C@H]2[C@H](OC(=O)CCCC(=O)O)/C=C/C(=O)O1. The molecule has 2 aliphatic rings. The van der Waals surface area contributed by atoms with Gasteiger partial charge in [0.25, 0.3) is 0 Å². The van der Waals surface area contributed by atoms with Gasteiger partial charge in [-0.3, -0.25) is 9.59 Å². The minimum atomic E-state index is -1.98. The summed E-state index contributed by atoms with van der Waals surface area (Å²) in [5, 5.41) is 8.95. The monoisotopic (exact) mass is 508 g/mol. The Hall–Kier alpha value is -1.93. The molecular formula is C27H44O7Si. The minimum Gasteiger partial charge on any atom is -0.481 e. The molecule has 1 fully saturated rings. The Balaban J connectivity index is 2.27. The second-order valence-corrected chi connectivity index (χ2v) is 16.2. The number of carboxylic acid groups (broad SMARTS) is 1. The number of hydrogen-bond donors (Lipinski definition) is 1. The van der Waals surface area contributed by atoms with Crippen LogP contribution >= 0.6 is 0 Å². The molecule has 5 atom stereocenters. The largest absolute Gasteiger partial charge is 0.481 e. The summed E-state index contributed by atoms with van der Waals surface area (Å²) in [4.78, 5) is 35.8. The Morgan fingerprint density at radius 3 is 2.54 bits per heavy atom. The number of cyclic esters (lactones) is 1. The van der Waals surface area contributed by atoms with E-state index in [2.05, 4.69) is 46.0 Å².